The van der Waals surface area contributed by atoms with E-state index in [1.165, 1.54) is 0 Å². The Kier molecular flexibility index (Phi) is 3.38. The van der Waals surface area contributed by atoms with Crippen molar-refractivity contribution in [2.75, 3.05) is 6.61 Å². The molecule has 0 spiro atoms. The highest BCUT2D eigenvalue weighted by atomic mass is 16.5. The molecule has 0 radical (unpaired) electrons. The second-order valence-corrected chi connectivity index (χ2v) is 5.94. The Hall–Kier alpha value is -2.35. The van der Waals surface area contributed by atoms with E-state index < -0.39 is 0 Å². The first-order valence-corrected chi connectivity index (χ1v) is 7.13. The largest absolute Gasteiger partial charge is 0.475 e. The molecule has 3 rings (SSSR count). The fourth-order valence-electron chi connectivity index (χ4n) is 2.35. The van der Waals surface area contributed by atoms with Crippen LogP contribution in [0.1, 0.15) is 30.5 Å². The van der Waals surface area contributed by atoms with Gasteiger partial charge in [0.2, 0.25) is 5.90 Å². The van der Waals surface area contributed by atoms with Crippen LogP contribution in [0.25, 0.3) is 5.57 Å². The smallest absolute Gasteiger partial charge is 0.216 e. The molecule has 2 heteroatoms. The number of nitrogens with zero attached hydrogens (tertiary/aromatic N) is 1. The van der Waals surface area contributed by atoms with Gasteiger partial charge in [0.1, 0.15) is 6.61 Å². The van der Waals surface area contributed by atoms with Crippen molar-refractivity contribution in [2.24, 2.45) is 4.99 Å². The third kappa shape index (κ3) is 2.89. The molecule has 0 bridgehead atoms. The van der Waals surface area contributed by atoms with Crippen molar-refractivity contribution >= 4 is 11.5 Å². The summed E-state index contributed by atoms with van der Waals surface area (Å²) in [6.45, 7) is 8.97. The molecule has 0 N–H and O–H groups in total. The summed E-state index contributed by atoms with van der Waals surface area (Å²) in [5.41, 5.74) is 4.17. The molecule has 0 saturated heterocycles. The fourth-order valence-corrected chi connectivity index (χ4v) is 2.35. The van der Waals surface area contributed by atoms with Crippen molar-refractivity contribution < 1.29 is 4.74 Å². The Bertz CT molecular complexity index is 681. The summed E-state index contributed by atoms with van der Waals surface area (Å²) in [4.78, 5) is 4.60. The summed E-state index contributed by atoms with van der Waals surface area (Å²) in [7, 11) is 0. The molecule has 0 amide bonds. The van der Waals surface area contributed by atoms with E-state index in [1.54, 1.807) is 0 Å². The summed E-state index contributed by atoms with van der Waals surface area (Å²) < 4.78 is 5.67. The Morgan fingerprint density at radius 1 is 1.00 bits per heavy atom. The minimum absolute atomic E-state index is 0.123. The first kappa shape index (κ1) is 13.6. The number of hydrogen-bond acceptors (Lipinski definition) is 2. The van der Waals surface area contributed by atoms with E-state index in [9.17, 15) is 0 Å². The van der Waals surface area contributed by atoms with Crippen LogP contribution in [0.5, 0.6) is 0 Å². The van der Waals surface area contributed by atoms with Gasteiger partial charge in [-0.2, -0.15) is 0 Å². The zero-order valence-electron chi connectivity index (χ0n) is 12.5. The van der Waals surface area contributed by atoms with Gasteiger partial charge in [-0.1, -0.05) is 49.0 Å². The van der Waals surface area contributed by atoms with Crippen molar-refractivity contribution in [1.82, 2.24) is 0 Å². The fraction of sp³-hybridized carbons (Fsp3) is 0.211. The number of benzene rings is 2. The predicted octanol–water partition coefficient (Wildman–Crippen LogP) is 4.30. The van der Waals surface area contributed by atoms with Gasteiger partial charge in [-0.25, -0.2) is 4.99 Å². The molecule has 1 aliphatic rings. The molecule has 0 unspecified atom stereocenters. The van der Waals surface area contributed by atoms with Crippen LogP contribution in [-0.2, 0) is 4.74 Å². The zero-order chi connectivity index (χ0) is 14.9. The zero-order valence-corrected chi connectivity index (χ0v) is 12.5. The lowest BCUT2D eigenvalue weighted by atomic mass is 9.99. The van der Waals surface area contributed by atoms with Gasteiger partial charge in [-0.15, -0.1) is 0 Å². The molecule has 0 fully saturated rings. The third-order valence-corrected chi connectivity index (χ3v) is 3.57. The minimum Gasteiger partial charge on any atom is -0.475 e. The molecule has 21 heavy (non-hydrogen) atoms. The molecule has 106 valence electrons. The summed E-state index contributed by atoms with van der Waals surface area (Å²) >= 11 is 0. The van der Waals surface area contributed by atoms with Gasteiger partial charge in [-0.3, -0.25) is 0 Å². The molecule has 1 aliphatic heterocycles. The molecular weight excluding hydrogens is 258 g/mol. The third-order valence-electron chi connectivity index (χ3n) is 3.57. The second kappa shape index (κ2) is 5.21. The van der Waals surface area contributed by atoms with Gasteiger partial charge in [0, 0.05) is 5.56 Å². The molecule has 0 atom stereocenters. The van der Waals surface area contributed by atoms with Crippen molar-refractivity contribution in [1.29, 1.82) is 0 Å². The summed E-state index contributed by atoms with van der Waals surface area (Å²) in [5, 5.41) is 0. The lowest BCUT2D eigenvalue weighted by molar-refractivity contribution is 0.279. The van der Waals surface area contributed by atoms with Crippen LogP contribution in [0.15, 0.2) is 66.2 Å². The Labute approximate surface area is 125 Å². The standard InChI is InChI=1S/C19H19NO/c1-14(15-7-5-4-6-8-15)16-9-11-17(12-10-16)18-20-19(2,3)13-21-18/h4-12H,1,13H2,2-3H3. The van der Waals surface area contributed by atoms with E-state index >= 15 is 0 Å². The normalized spacial score (nSPS) is 16.2. The molecule has 2 aromatic rings. The lowest BCUT2D eigenvalue weighted by Gasteiger charge is -2.08. The van der Waals surface area contributed by atoms with Crippen molar-refractivity contribution in [3.05, 3.63) is 77.9 Å². The second-order valence-electron chi connectivity index (χ2n) is 5.94. The molecule has 0 saturated carbocycles. The van der Waals surface area contributed by atoms with Crippen LogP contribution in [0, 0.1) is 0 Å². The molecule has 2 nitrogen and oxygen atoms in total. The Balaban J connectivity index is 1.84. The van der Waals surface area contributed by atoms with E-state index in [1.807, 2.05) is 30.3 Å². The van der Waals surface area contributed by atoms with E-state index in [4.69, 9.17) is 4.74 Å². The number of aliphatic imine (C=N–C) groups is 1. The highest BCUT2D eigenvalue weighted by Gasteiger charge is 2.26. The van der Waals surface area contributed by atoms with Gasteiger partial charge in [0.15, 0.2) is 0 Å². The molecular formula is C19H19NO. The van der Waals surface area contributed by atoms with Crippen LogP contribution in [0.3, 0.4) is 0 Å². The first-order valence-electron chi connectivity index (χ1n) is 7.13. The van der Waals surface area contributed by atoms with Gasteiger partial charge < -0.3 is 4.74 Å². The first-order chi connectivity index (χ1) is 10.1. The van der Waals surface area contributed by atoms with Crippen LogP contribution in [-0.4, -0.2) is 18.0 Å². The molecule has 0 aliphatic carbocycles. The van der Waals surface area contributed by atoms with Gasteiger partial charge >= 0.3 is 0 Å². The number of hydrogen-bond donors (Lipinski definition) is 0. The van der Waals surface area contributed by atoms with E-state index in [0.29, 0.717) is 6.61 Å². The maximum atomic E-state index is 5.67. The molecule has 1 heterocycles. The monoisotopic (exact) mass is 277 g/mol. The van der Waals surface area contributed by atoms with E-state index in [0.717, 1.165) is 28.2 Å². The molecule has 2 aromatic carbocycles. The topological polar surface area (TPSA) is 21.6 Å². The van der Waals surface area contributed by atoms with E-state index in [-0.39, 0.29) is 5.54 Å². The number of ether oxygens (including phenoxy) is 1. The van der Waals surface area contributed by atoms with Gasteiger partial charge in [-0.05, 0) is 42.7 Å². The van der Waals surface area contributed by atoms with Gasteiger partial charge in [0.05, 0.1) is 5.54 Å². The van der Waals surface area contributed by atoms with E-state index in [2.05, 4.69) is 49.7 Å². The molecule has 0 aromatic heterocycles. The lowest BCUT2D eigenvalue weighted by Crippen LogP contribution is -2.17. The van der Waals surface area contributed by atoms with Gasteiger partial charge in [0.25, 0.3) is 0 Å². The number of rotatable bonds is 3. The van der Waals surface area contributed by atoms with Crippen LogP contribution in [0.2, 0.25) is 0 Å². The highest BCUT2D eigenvalue weighted by Crippen LogP contribution is 2.24. The summed E-state index contributed by atoms with van der Waals surface area (Å²) in [6, 6.07) is 18.4. The van der Waals surface area contributed by atoms with Crippen molar-refractivity contribution in [3.8, 4) is 0 Å². The maximum Gasteiger partial charge on any atom is 0.216 e. The average Bonchev–Trinajstić information content (AvgIpc) is 2.88. The van der Waals surface area contributed by atoms with Crippen LogP contribution >= 0.6 is 0 Å². The van der Waals surface area contributed by atoms with Crippen molar-refractivity contribution in [2.45, 2.75) is 19.4 Å². The summed E-state index contributed by atoms with van der Waals surface area (Å²) in [5.74, 6) is 0.733. The Morgan fingerprint density at radius 2 is 1.62 bits per heavy atom. The van der Waals surface area contributed by atoms with Crippen LogP contribution < -0.4 is 0 Å². The maximum absolute atomic E-state index is 5.67. The summed E-state index contributed by atoms with van der Waals surface area (Å²) in [6.07, 6.45) is 0. The minimum atomic E-state index is -0.123. The van der Waals surface area contributed by atoms with Crippen molar-refractivity contribution in [3.63, 3.8) is 0 Å². The Morgan fingerprint density at radius 3 is 2.19 bits per heavy atom. The average molecular weight is 277 g/mol. The SMILES string of the molecule is C=C(c1ccccc1)c1ccc(C2=NC(C)(C)CO2)cc1. The quantitative estimate of drug-likeness (QED) is 0.819. The van der Waals surface area contributed by atoms with Crippen LogP contribution in [0.4, 0.5) is 0 Å². The predicted molar refractivity (Wildman–Crippen MR) is 87.6 cm³/mol. The highest BCUT2D eigenvalue weighted by molar-refractivity contribution is 5.96.